The molecule has 0 spiro atoms. The van der Waals surface area contributed by atoms with Gasteiger partial charge in [0.1, 0.15) is 6.10 Å². The van der Waals surface area contributed by atoms with E-state index in [4.69, 9.17) is 4.74 Å². The first-order valence-electron chi connectivity index (χ1n) is 28.1. The zero-order chi connectivity index (χ0) is 45.9. The van der Waals surface area contributed by atoms with E-state index in [0.717, 1.165) is 64.2 Å². The quantitative estimate of drug-likeness (QED) is 0.0321. The van der Waals surface area contributed by atoms with Crippen molar-refractivity contribution in [1.29, 1.82) is 0 Å². The van der Waals surface area contributed by atoms with Crippen LogP contribution >= 0.6 is 0 Å². The second-order valence-electron chi connectivity index (χ2n) is 19.3. The molecule has 0 aliphatic carbocycles. The summed E-state index contributed by atoms with van der Waals surface area (Å²) in [5, 5.41) is 23.9. The number of hydrogen-bond donors (Lipinski definition) is 3. The standard InChI is InChI=1S/C57H109NO5/c1-4-7-10-13-16-19-22-25-27-28-29-31-33-36-39-42-45-48-53(63-57(62)50-47-44-41-38-35-30-24-21-18-15-12-9-6-3)51-56(61)58-54(52-59)55(60)49-46-43-40-37-34-32-26-23-20-17-14-11-8-5-2/h16,19,25,27,53-55,59-60H,4-15,17-18,20-24,26,28-52H2,1-3H3,(H,58,61)/b19-16-,27-25-. The molecular weight excluding hydrogens is 779 g/mol. The van der Waals surface area contributed by atoms with E-state index in [-0.39, 0.29) is 24.9 Å². The smallest absolute Gasteiger partial charge is 0.306 e. The lowest BCUT2D eigenvalue weighted by molar-refractivity contribution is -0.151. The maximum atomic E-state index is 13.2. The van der Waals surface area contributed by atoms with Gasteiger partial charge in [-0.25, -0.2) is 0 Å². The molecule has 6 nitrogen and oxygen atoms in total. The van der Waals surface area contributed by atoms with Crippen LogP contribution in [0.1, 0.15) is 303 Å². The van der Waals surface area contributed by atoms with Crippen LogP contribution in [-0.2, 0) is 14.3 Å². The van der Waals surface area contributed by atoms with Gasteiger partial charge in [-0.1, -0.05) is 257 Å². The number of hydrogen-bond acceptors (Lipinski definition) is 5. The zero-order valence-electron chi connectivity index (χ0n) is 42.5. The third-order valence-electron chi connectivity index (χ3n) is 13.0. The first kappa shape index (κ1) is 61.3. The van der Waals surface area contributed by atoms with Crippen molar-refractivity contribution in [2.75, 3.05) is 6.61 Å². The van der Waals surface area contributed by atoms with Gasteiger partial charge in [0.15, 0.2) is 0 Å². The summed E-state index contributed by atoms with van der Waals surface area (Å²) in [6.45, 7) is 6.49. The highest BCUT2D eigenvalue weighted by atomic mass is 16.5. The number of rotatable bonds is 51. The number of nitrogens with one attached hydrogen (secondary N) is 1. The summed E-state index contributed by atoms with van der Waals surface area (Å²) < 4.78 is 5.95. The van der Waals surface area contributed by atoms with Crippen molar-refractivity contribution in [3.63, 3.8) is 0 Å². The van der Waals surface area contributed by atoms with Gasteiger partial charge in [-0.15, -0.1) is 0 Å². The molecule has 0 heterocycles. The Balaban J connectivity index is 4.55. The molecule has 0 rings (SSSR count). The summed E-state index contributed by atoms with van der Waals surface area (Å²) in [5.74, 6) is -0.464. The molecular formula is C57H109NO5. The van der Waals surface area contributed by atoms with E-state index in [1.807, 2.05) is 0 Å². The SMILES string of the molecule is CCCCC/C=C\C/C=C\CCCCCCCCCC(CC(=O)NC(CO)C(O)CCCCCCCCCCCCCCCC)OC(=O)CCCCCCCCCCCCCCC. The van der Waals surface area contributed by atoms with Gasteiger partial charge < -0.3 is 20.3 Å². The summed E-state index contributed by atoms with van der Waals surface area (Å²) in [6.07, 6.45) is 59.5. The molecule has 0 aromatic heterocycles. The molecule has 0 fully saturated rings. The lowest BCUT2D eigenvalue weighted by atomic mass is 10.0. The number of esters is 1. The molecule has 1 amide bonds. The van der Waals surface area contributed by atoms with Gasteiger partial charge in [0.05, 0.1) is 25.2 Å². The Morgan fingerprint density at radius 2 is 0.810 bits per heavy atom. The largest absolute Gasteiger partial charge is 0.462 e. The fourth-order valence-corrected chi connectivity index (χ4v) is 8.76. The third kappa shape index (κ3) is 46.7. The highest BCUT2D eigenvalue weighted by Gasteiger charge is 2.24. The number of ether oxygens (including phenoxy) is 1. The number of carbonyl (C=O) groups is 2. The van der Waals surface area contributed by atoms with E-state index in [2.05, 4.69) is 50.4 Å². The molecule has 0 saturated heterocycles. The molecule has 63 heavy (non-hydrogen) atoms. The van der Waals surface area contributed by atoms with Gasteiger partial charge in [0, 0.05) is 6.42 Å². The minimum atomic E-state index is -0.786. The van der Waals surface area contributed by atoms with E-state index in [9.17, 15) is 19.8 Å². The van der Waals surface area contributed by atoms with E-state index >= 15 is 0 Å². The minimum absolute atomic E-state index is 0.0780. The summed E-state index contributed by atoms with van der Waals surface area (Å²) in [7, 11) is 0. The van der Waals surface area contributed by atoms with E-state index in [1.54, 1.807) is 0 Å². The Kier molecular flexibility index (Phi) is 50.0. The van der Waals surface area contributed by atoms with Crippen molar-refractivity contribution < 1.29 is 24.5 Å². The lowest BCUT2D eigenvalue weighted by Gasteiger charge is -2.24. The highest BCUT2D eigenvalue weighted by molar-refractivity contribution is 5.77. The predicted octanol–water partition coefficient (Wildman–Crippen LogP) is 17.1. The summed E-state index contributed by atoms with van der Waals surface area (Å²) in [4.78, 5) is 26.2. The molecule has 0 bridgehead atoms. The van der Waals surface area contributed by atoms with Crippen molar-refractivity contribution in [2.45, 2.75) is 322 Å². The third-order valence-corrected chi connectivity index (χ3v) is 13.0. The van der Waals surface area contributed by atoms with Gasteiger partial charge in [-0.3, -0.25) is 9.59 Å². The highest BCUT2D eigenvalue weighted by Crippen LogP contribution is 2.19. The van der Waals surface area contributed by atoms with E-state index < -0.39 is 18.2 Å². The first-order valence-corrected chi connectivity index (χ1v) is 28.1. The Labute approximate surface area is 392 Å². The summed E-state index contributed by atoms with van der Waals surface area (Å²) in [6, 6.07) is -0.700. The Morgan fingerprint density at radius 3 is 1.24 bits per heavy atom. The van der Waals surface area contributed by atoms with Gasteiger partial charge in [0.25, 0.3) is 0 Å². The van der Waals surface area contributed by atoms with Crippen molar-refractivity contribution in [1.82, 2.24) is 5.32 Å². The van der Waals surface area contributed by atoms with Crippen LogP contribution in [0.4, 0.5) is 0 Å². The monoisotopic (exact) mass is 888 g/mol. The van der Waals surface area contributed by atoms with Crippen LogP contribution in [-0.4, -0.2) is 46.9 Å². The molecule has 0 saturated carbocycles. The second kappa shape index (κ2) is 51.3. The van der Waals surface area contributed by atoms with Crippen LogP contribution in [0.25, 0.3) is 0 Å². The molecule has 0 aliphatic heterocycles. The van der Waals surface area contributed by atoms with Crippen LogP contribution in [0.3, 0.4) is 0 Å². The fourth-order valence-electron chi connectivity index (χ4n) is 8.76. The minimum Gasteiger partial charge on any atom is -0.462 e. The number of unbranched alkanes of at least 4 members (excludes halogenated alkanes) is 35. The normalized spacial score (nSPS) is 13.3. The van der Waals surface area contributed by atoms with E-state index in [0.29, 0.717) is 19.3 Å². The van der Waals surface area contributed by atoms with Crippen LogP contribution in [0.2, 0.25) is 0 Å². The van der Waals surface area contributed by atoms with Crippen molar-refractivity contribution in [3.8, 4) is 0 Å². The second-order valence-corrected chi connectivity index (χ2v) is 19.3. The summed E-state index contributed by atoms with van der Waals surface area (Å²) in [5.41, 5.74) is 0. The van der Waals surface area contributed by atoms with Crippen LogP contribution < -0.4 is 5.32 Å². The van der Waals surface area contributed by atoms with Gasteiger partial charge in [-0.2, -0.15) is 0 Å². The average molecular weight is 889 g/mol. The maximum Gasteiger partial charge on any atom is 0.306 e. The Hall–Kier alpha value is -1.66. The number of carbonyl (C=O) groups excluding carboxylic acids is 2. The number of allylic oxidation sites excluding steroid dienone is 4. The number of amides is 1. The Bertz CT molecular complexity index is 997. The van der Waals surface area contributed by atoms with Gasteiger partial charge in [-0.05, 0) is 57.8 Å². The van der Waals surface area contributed by atoms with Crippen molar-refractivity contribution in [2.24, 2.45) is 0 Å². The number of aliphatic hydroxyl groups is 2. The average Bonchev–Trinajstić information content (AvgIpc) is 3.28. The lowest BCUT2D eigenvalue weighted by Crippen LogP contribution is -2.46. The van der Waals surface area contributed by atoms with E-state index in [1.165, 1.54) is 193 Å². The van der Waals surface area contributed by atoms with Crippen LogP contribution in [0.5, 0.6) is 0 Å². The van der Waals surface area contributed by atoms with Crippen molar-refractivity contribution >= 4 is 11.9 Å². The molecule has 6 heteroatoms. The van der Waals surface area contributed by atoms with Crippen LogP contribution in [0.15, 0.2) is 24.3 Å². The molecule has 0 radical (unpaired) electrons. The first-order chi connectivity index (χ1) is 31.0. The Morgan fingerprint density at radius 1 is 0.460 bits per heavy atom. The molecule has 3 N–H and O–H groups in total. The molecule has 372 valence electrons. The van der Waals surface area contributed by atoms with Crippen molar-refractivity contribution in [3.05, 3.63) is 24.3 Å². The zero-order valence-corrected chi connectivity index (χ0v) is 42.5. The summed E-state index contributed by atoms with van der Waals surface area (Å²) >= 11 is 0. The molecule has 3 unspecified atom stereocenters. The van der Waals surface area contributed by atoms with Gasteiger partial charge in [0.2, 0.25) is 5.91 Å². The topological polar surface area (TPSA) is 95.9 Å². The predicted molar refractivity (Wildman–Crippen MR) is 273 cm³/mol. The van der Waals surface area contributed by atoms with Gasteiger partial charge >= 0.3 is 5.97 Å². The molecule has 0 aromatic carbocycles. The number of aliphatic hydroxyl groups excluding tert-OH is 2. The van der Waals surface area contributed by atoms with Crippen LogP contribution in [0, 0.1) is 0 Å². The maximum absolute atomic E-state index is 13.2. The fraction of sp³-hybridized carbons (Fsp3) is 0.895. The molecule has 0 aliphatic rings. The molecule has 3 atom stereocenters. The molecule has 0 aromatic rings.